The fraction of sp³-hybridized carbons (Fsp3) is 0.412. The number of nitrogens with two attached hydrogens (primary N) is 1. The first-order valence-electron chi connectivity index (χ1n) is 7.38. The zero-order chi connectivity index (χ0) is 13.9. The van der Waals surface area contributed by atoms with Crippen molar-refractivity contribution in [1.29, 1.82) is 0 Å². The molecule has 2 N–H and O–H groups in total. The molecule has 0 aliphatic heterocycles. The number of halogens is 1. The number of hydrogen-bond donors (Lipinski definition) is 1. The monoisotopic (exact) mass is 333 g/mol. The van der Waals surface area contributed by atoms with Gasteiger partial charge in [0.1, 0.15) is 11.3 Å². The van der Waals surface area contributed by atoms with Gasteiger partial charge in [-0.1, -0.05) is 31.1 Å². The molecular formula is C17H20BrNO. The maximum atomic E-state index is 6.43. The molecular weight excluding hydrogens is 314 g/mol. The van der Waals surface area contributed by atoms with Gasteiger partial charge in [-0.3, -0.25) is 0 Å². The zero-order valence-electron chi connectivity index (χ0n) is 11.6. The van der Waals surface area contributed by atoms with Gasteiger partial charge in [0.2, 0.25) is 0 Å². The summed E-state index contributed by atoms with van der Waals surface area (Å²) in [5, 5.41) is 1.11. The maximum Gasteiger partial charge on any atom is 0.148 e. The Kier molecular flexibility index (Phi) is 4.27. The molecule has 1 unspecified atom stereocenters. The number of fused-ring (bicyclic) bond motifs is 1. The zero-order valence-corrected chi connectivity index (χ0v) is 13.2. The van der Waals surface area contributed by atoms with Crippen LogP contribution < -0.4 is 5.73 Å². The number of para-hydroxylation sites is 1. The van der Waals surface area contributed by atoms with Crippen LogP contribution in [0.2, 0.25) is 0 Å². The van der Waals surface area contributed by atoms with E-state index in [1.807, 2.05) is 12.1 Å². The van der Waals surface area contributed by atoms with Crippen LogP contribution in [0.3, 0.4) is 0 Å². The molecule has 0 saturated heterocycles. The van der Waals surface area contributed by atoms with Gasteiger partial charge in [-0.2, -0.15) is 0 Å². The Morgan fingerprint density at radius 3 is 2.85 bits per heavy atom. The van der Waals surface area contributed by atoms with Gasteiger partial charge in [-0.05, 0) is 59.3 Å². The highest BCUT2D eigenvalue weighted by Gasteiger charge is 2.17. The van der Waals surface area contributed by atoms with Gasteiger partial charge in [0.25, 0.3) is 0 Å². The van der Waals surface area contributed by atoms with Crippen LogP contribution in [0.4, 0.5) is 0 Å². The van der Waals surface area contributed by atoms with E-state index >= 15 is 0 Å². The van der Waals surface area contributed by atoms with E-state index in [-0.39, 0.29) is 6.04 Å². The Balaban J connectivity index is 1.91. The molecule has 3 heteroatoms. The lowest BCUT2D eigenvalue weighted by Gasteiger charge is -2.16. The van der Waals surface area contributed by atoms with Crippen molar-refractivity contribution in [3.63, 3.8) is 0 Å². The molecule has 1 aliphatic rings. The van der Waals surface area contributed by atoms with Crippen LogP contribution in [0, 0.1) is 0 Å². The minimum atomic E-state index is -0.104. The lowest BCUT2D eigenvalue weighted by Crippen LogP contribution is -2.13. The second-order valence-corrected chi connectivity index (χ2v) is 6.37. The third kappa shape index (κ3) is 2.84. The first kappa shape index (κ1) is 13.9. The van der Waals surface area contributed by atoms with E-state index in [4.69, 9.17) is 10.2 Å². The molecule has 0 bridgehead atoms. The molecule has 0 radical (unpaired) electrons. The third-order valence-electron chi connectivity index (χ3n) is 4.05. The van der Waals surface area contributed by atoms with Crippen molar-refractivity contribution >= 4 is 26.9 Å². The van der Waals surface area contributed by atoms with Crippen molar-refractivity contribution in [2.45, 2.75) is 44.6 Å². The van der Waals surface area contributed by atoms with Crippen LogP contribution in [0.25, 0.3) is 11.0 Å². The Hall–Kier alpha value is -1.06. The van der Waals surface area contributed by atoms with Crippen LogP contribution in [-0.4, -0.2) is 0 Å². The number of allylic oxidation sites excluding steroid dienone is 1. The van der Waals surface area contributed by atoms with Crippen molar-refractivity contribution in [2.24, 2.45) is 5.73 Å². The van der Waals surface area contributed by atoms with Gasteiger partial charge < -0.3 is 10.2 Å². The summed E-state index contributed by atoms with van der Waals surface area (Å²) < 4.78 is 6.96. The Labute approximate surface area is 128 Å². The normalized spacial score (nSPS) is 21.0. The summed E-state index contributed by atoms with van der Waals surface area (Å²) in [6, 6.07) is 8.05. The van der Waals surface area contributed by atoms with E-state index in [0.29, 0.717) is 0 Å². The lowest BCUT2D eigenvalue weighted by molar-refractivity contribution is 0.505. The van der Waals surface area contributed by atoms with E-state index in [0.717, 1.165) is 34.0 Å². The van der Waals surface area contributed by atoms with Crippen LogP contribution in [-0.2, 0) is 0 Å². The number of hydrogen-bond acceptors (Lipinski definition) is 2. The molecule has 106 valence electrons. The quantitative estimate of drug-likeness (QED) is 0.739. The van der Waals surface area contributed by atoms with Crippen molar-refractivity contribution in [3.8, 4) is 0 Å². The van der Waals surface area contributed by atoms with Crippen LogP contribution in [0.1, 0.15) is 50.3 Å². The van der Waals surface area contributed by atoms with Crippen molar-refractivity contribution < 1.29 is 4.42 Å². The summed E-state index contributed by atoms with van der Waals surface area (Å²) in [4.78, 5) is 0. The highest BCUT2D eigenvalue weighted by Crippen LogP contribution is 2.33. The van der Waals surface area contributed by atoms with E-state index < -0.39 is 0 Å². The van der Waals surface area contributed by atoms with E-state index in [1.54, 1.807) is 0 Å². The second kappa shape index (κ2) is 6.15. The van der Waals surface area contributed by atoms with Gasteiger partial charge in [0.15, 0.2) is 0 Å². The van der Waals surface area contributed by atoms with Gasteiger partial charge in [0.05, 0.1) is 10.5 Å². The van der Waals surface area contributed by atoms with Gasteiger partial charge in [-0.25, -0.2) is 0 Å². The van der Waals surface area contributed by atoms with E-state index in [2.05, 4.69) is 34.1 Å². The first-order chi connectivity index (χ1) is 9.75. The van der Waals surface area contributed by atoms with Gasteiger partial charge in [-0.15, -0.1) is 0 Å². The number of rotatable bonds is 2. The standard InChI is InChI=1S/C17H20BrNO/c18-14-10-6-9-13-11-15(20-17(13)14)16(19)12-7-4-2-1-3-5-8-12/h6-7,9-11,16H,1-5,8,19H2/b12-7+. The summed E-state index contributed by atoms with van der Waals surface area (Å²) >= 11 is 3.53. The Morgan fingerprint density at radius 1 is 1.15 bits per heavy atom. The largest absolute Gasteiger partial charge is 0.458 e. The summed E-state index contributed by atoms with van der Waals surface area (Å²) in [5.41, 5.74) is 8.65. The Bertz CT molecular complexity index is 629. The van der Waals surface area contributed by atoms with Crippen LogP contribution >= 0.6 is 15.9 Å². The van der Waals surface area contributed by atoms with Crippen molar-refractivity contribution in [2.75, 3.05) is 0 Å². The van der Waals surface area contributed by atoms with Crippen molar-refractivity contribution in [3.05, 3.63) is 46.1 Å². The third-order valence-corrected chi connectivity index (χ3v) is 4.67. The maximum absolute atomic E-state index is 6.43. The summed E-state index contributed by atoms with van der Waals surface area (Å²) in [7, 11) is 0. The molecule has 2 nitrogen and oxygen atoms in total. The molecule has 1 heterocycles. The summed E-state index contributed by atoms with van der Waals surface area (Å²) in [5.74, 6) is 0.874. The smallest absolute Gasteiger partial charge is 0.148 e. The predicted octanol–water partition coefficient (Wildman–Crippen LogP) is 5.48. The van der Waals surface area contributed by atoms with Gasteiger partial charge in [0, 0.05) is 5.39 Å². The summed E-state index contributed by atoms with van der Waals surface area (Å²) in [6.07, 6.45) is 9.75. The van der Waals surface area contributed by atoms with E-state index in [1.165, 1.54) is 31.3 Å². The average molecular weight is 334 g/mol. The lowest BCUT2D eigenvalue weighted by atomic mass is 9.94. The molecule has 0 spiro atoms. The predicted molar refractivity (Wildman–Crippen MR) is 86.6 cm³/mol. The molecule has 0 amide bonds. The van der Waals surface area contributed by atoms with E-state index in [9.17, 15) is 0 Å². The average Bonchev–Trinajstić information content (AvgIpc) is 2.83. The minimum Gasteiger partial charge on any atom is -0.458 e. The molecule has 1 aromatic heterocycles. The molecule has 1 aromatic carbocycles. The molecule has 1 atom stereocenters. The van der Waals surface area contributed by atoms with Crippen LogP contribution in [0.5, 0.6) is 0 Å². The first-order valence-corrected chi connectivity index (χ1v) is 8.17. The molecule has 3 rings (SSSR count). The highest BCUT2D eigenvalue weighted by atomic mass is 79.9. The second-order valence-electron chi connectivity index (χ2n) is 5.52. The van der Waals surface area contributed by atoms with Gasteiger partial charge >= 0.3 is 0 Å². The minimum absolute atomic E-state index is 0.104. The molecule has 1 aliphatic carbocycles. The number of benzene rings is 1. The Morgan fingerprint density at radius 2 is 2.00 bits per heavy atom. The van der Waals surface area contributed by atoms with Crippen molar-refractivity contribution in [1.82, 2.24) is 0 Å². The molecule has 2 aromatic rings. The SMILES string of the molecule is NC(/C1=C/CCCCCC1)c1cc2cccc(Br)c2o1. The molecule has 0 fully saturated rings. The number of furan rings is 1. The fourth-order valence-electron chi connectivity index (χ4n) is 2.88. The van der Waals surface area contributed by atoms with Crippen LogP contribution in [0.15, 0.2) is 44.8 Å². The topological polar surface area (TPSA) is 39.2 Å². The summed E-state index contributed by atoms with van der Waals surface area (Å²) in [6.45, 7) is 0. The molecule has 0 saturated carbocycles. The fourth-order valence-corrected chi connectivity index (χ4v) is 3.34. The molecule has 20 heavy (non-hydrogen) atoms. The highest BCUT2D eigenvalue weighted by molar-refractivity contribution is 9.10.